The van der Waals surface area contributed by atoms with Crippen LogP contribution < -0.4 is 10.1 Å². The Labute approximate surface area is 122 Å². The van der Waals surface area contributed by atoms with Crippen LogP contribution in [0.2, 0.25) is 0 Å². The number of methoxy groups -OCH3 is 1. The number of ether oxygens (including phenoxy) is 1. The van der Waals surface area contributed by atoms with Crippen LogP contribution >= 0.6 is 0 Å². The molecule has 0 radical (unpaired) electrons. The Bertz CT molecular complexity index is 440. The molecule has 3 heteroatoms. The largest absolute Gasteiger partial charge is 0.496 e. The number of hydrogen-bond acceptors (Lipinski definition) is 3. The molecule has 1 aromatic carbocycles. The van der Waals surface area contributed by atoms with Crippen LogP contribution in [0.4, 0.5) is 0 Å². The molecule has 3 rings (SSSR count). The predicted molar refractivity (Wildman–Crippen MR) is 82.4 cm³/mol. The molecule has 2 aliphatic heterocycles. The molecule has 0 amide bonds. The summed E-state index contributed by atoms with van der Waals surface area (Å²) in [7, 11) is 1.78. The Morgan fingerprint density at radius 1 is 1.15 bits per heavy atom. The molecule has 0 saturated carbocycles. The van der Waals surface area contributed by atoms with Crippen molar-refractivity contribution in [2.75, 3.05) is 26.7 Å². The van der Waals surface area contributed by atoms with E-state index >= 15 is 0 Å². The van der Waals surface area contributed by atoms with Crippen molar-refractivity contribution in [2.45, 2.75) is 44.2 Å². The number of benzene rings is 1. The number of para-hydroxylation sites is 1. The molecular weight excluding hydrogens is 248 g/mol. The first-order valence-electron chi connectivity index (χ1n) is 7.90. The molecule has 0 aliphatic carbocycles. The van der Waals surface area contributed by atoms with Crippen molar-refractivity contribution in [3.05, 3.63) is 29.8 Å². The minimum absolute atomic E-state index is 0.651. The van der Waals surface area contributed by atoms with Crippen LogP contribution in [0.25, 0.3) is 0 Å². The Balaban J connectivity index is 1.63. The molecule has 2 fully saturated rings. The smallest absolute Gasteiger partial charge is 0.122 e. The second-order valence-electron chi connectivity index (χ2n) is 6.15. The quantitative estimate of drug-likeness (QED) is 0.917. The zero-order chi connectivity index (χ0) is 13.9. The monoisotopic (exact) mass is 274 g/mol. The Hall–Kier alpha value is -1.06. The summed E-state index contributed by atoms with van der Waals surface area (Å²) < 4.78 is 5.52. The van der Waals surface area contributed by atoms with Crippen LogP contribution in [0.3, 0.4) is 0 Å². The normalized spacial score (nSPS) is 28.7. The number of piperidine rings is 1. The van der Waals surface area contributed by atoms with Gasteiger partial charge < -0.3 is 10.1 Å². The van der Waals surface area contributed by atoms with Crippen molar-refractivity contribution >= 4 is 0 Å². The van der Waals surface area contributed by atoms with E-state index in [1.807, 2.05) is 0 Å². The molecule has 110 valence electrons. The van der Waals surface area contributed by atoms with E-state index in [4.69, 9.17) is 4.74 Å². The van der Waals surface area contributed by atoms with Gasteiger partial charge in [0, 0.05) is 12.1 Å². The maximum Gasteiger partial charge on any atom is 0.122 e. The van der Waals surface area contributed by atoms with Gasteiger partial charge in [-0.1, -0.05) is 18.2 Å². The number of rotatable bonds is 3. The molecule has 2 heterocycles. The van der Waals surface area contributed by atoms with E-state index < -0.39 is 0 Å². The third-order valence-corrected chi connectivity index (χ3v) is 5.06. The van der Waals surface area contributed by atoms with Crippen molar-refractivity contribution in [2.24, 2.45) is 0 Å². The SMILES string of the molecule is COc1ccccc1C1CCN([C@@H]2CCNC2C)CC1. The summed E-state index contributed by atoms with van der Waals surface area (Å²) in [5.74, 6) is 1.72. The average Bonchev–Trinajstić information content (AvgIpc) is 2.93. The molecule has 2 atom stereocenters. The van der Waals surface area contributed by atoms with Gasteiger partial charge in [-0.05, 0) is 63.4 Å². The summed E-state index contributed by atoms with van der Waals surface area (Å²) in [6.45, 7) is 5.95. The first-order chi connectivity index (χ1) is 9.79. The Morgan fingerprint density at radius 2 is 1.90 bits per heavy atom. The fourth-order valence-corrected chi connectivity index (χ4v) is 3.89. The van der Waals surface area contributed by atoms with Gasteiger partial charge in [-0.3, -0.25) is 4.90 Å². The van der Waals surface area contributed by atoms with Crippen LogP contribution in [-0.2, 0) is 0 Å². The van der Waals surface area contributed by atoms with Gasteiger partial charge >= 0.3 is 0 Å². The van der Waals surface area contributed by atoms with Gasteiger partial charge in [0.05, 0.1) is 7.11 Å². The van der Waals surface area contributed by atoms with Crippen molar-refractivity contribution in [3.8, 4) is 5.75 Å². The summed E-state index contributed by atoms with van der Waals surface area (Å²) in [4.78, 5) is 2.69. The highest BCUT2D eigenvalue weighted by Gasteiger charge is 2.32. The highest BCUT2D eigenvalue weighted by atomic mass is 16.5. The molecule has 2 aliphatic rings. The highest BCUT2D eigenvalue weighted by molar-refractivity contribution is 5.36. The number of hydrogen-bond donors (Lipinski definition) is 1. The lowest BCUT2D eigenvalue weighted by Gasteiger charge is -2.37. The van der Waals surface area contributed by atoms with Gasteiger partial charge in [0.1, 0.15) is 5.75 Å². The van der Waals surface area contributed by atoms with Crippen LogP contribution in [0, 0.1) is 0 Å². The lowest BCUT2D eigenvalue weighted by molar-refractivity contribution is 0.143. The molecule has 1 aromatic rings. The maximum atomic E-state index is 5.52. The van der Waals surface area contributed by atoms with Crippen LogP contribution in [-0.4, -0.2) is 43.7 Å². The zero-order valence-electron chi connectivity index (χ0n) is 12.6. The lowest BCUT2D eigenvalue weighted by Crippen LogP contribution is -2.45. The molecular formula is C17H26N2O. The van der Waals surface area contributed by atoms with E-state index in [9.17, 15) is 0 Å². The van der Waals surface area contributed by atoms with Crippen molar-refractivity contribution < 1.29 is 4.74 Å². The van der Waals surface area contributed by atoms with Crippen molar-refractivity contribution in [1.29, 1.82) is 0 Å². The standard InChI is InChI=1S/C17H26N2O/c1-13-16(7-10-18-13)19-11-8-14(9-12-19)15-5-3-4-6-17(15)20-2/h3-6,13-14,16,18H,7-12H2,1-2H3/t13?,16-/m1/s1. The minimum atomic E-state index is 0.651. The van der Waals surface area contributed by atoms with Gasteiger partial charge in [-0.2, -0.15) is 0 Å². The molecule has 3 nitrogen and oxygen atoms in total. The molecule has 20 heavy (non-hydrogen) atoms. The first-order valence-corrected chi connectivity index (χ1v) is 7.90. The van der Waals surface area contributed by atoms with Crippen molar-refractivity contribution in [1.82, 2.24) is 10.2 Å². The second kappa shape index (κ2) is 6.15. The van der Waals surface area contributed by atoms with Crippen LogP contribution in [0.5, 0.6) is 5.75 Å². The van der Waals surface area contributed by atoms with Crippen LogP contribution in [0.1, 0.15) is 37.7 Å². The summed E-state index contributed by atoms with van der Waals surface area (Å²) in [5, 5.41) is 3.57. The van der Waals surface area contributed by atoms with E-state index in [1.165, 1.54) is 44.5 Å². The van der Waals surface area contributed by atoms with E-state index in [1.54, 1.807) is 7.11 Å². The average molecular weight is 274 g/mol. The van der Waals surface area contributed by atoms with Gasteiger partial charge in [0.15, 0.2) is 0 Å². The topological polar surface area (TPSA) is 24.5 Å². The maximum absolute atomic E-state index is 5.52. The van der Waals surface area contributed by atoms with Gasteiger partial charge in [-0.15, -0.1) is 0 Å². The van der Waals surface area contributed by atoms with E-state index in [0.717, 1.165) is 11.8 Å². The highest BCUT2D eigenvalue weighted by Crippen LogP contribution is 2.35. The van der Waals surface area contributed by atoms with E-state index in [0.29, 0.717) is 12.0 Å². The summed E-state index contributed by atoms with van der Waals surface area (Å²) >= 11 is 0. The number of nitrogens with one attached hydrogen (secondary N) is 1. The molecule has 1 unspecified atom stereocenters. The van der Waals surface area contributed by atoms with E-state index in [-0.39, 0.29) is 0 Å². The molecule has 0 spiro atoms. The van der Waals surface area contributed by atoms with E-state index in [2.05, 4.69) is 41.4 Å². The third-order valence-electron chi connectivity index (χ3n) is 5.06. The predicted octanol–water partition coefficient (Wildman–Crippen LogP) is 2.63. The summed E-state index contributed by atoms with van der Waals surface area (Å²) in [6.07, 6.45) is 3.81. The fraction of sp³-hybridized carbons (Fsp3) is 0.647. The molecule has 1 N–H and O–H groups in total. The second-order valence-corrected chi connectivity index (χ2v) is 6.15. The minimum Gasteiger partial charge on any atom is -0.496 e. The molecule has 0 aromatic heterocycles. The summed E-state index contributed by atoms with van der Waals surface area (Å²) in [5.41, 5.74) is 1.40. The zero-order valence-corrected chi connectivity index (χ0v) is 12.6. The van der Waals surface area contributed by atoms with Gasteiger partial charge in [0.2, 0.25) is 0 Å². The Morgan fingerprint density at radius 3 is 2.55 bits per heavy atom. The lowest BCUT2D eigenvalue weighted by atomic mass is 9.88. The van der Waals surface area contributed by atoms with Gasteiger partial charge in [0.25, 0.3) is 0 Å². The van der Waals surface area contributed by atoms with Crippen molar-refractivity contribution in [3.63, 3.8) is 0 Å². The Kier molecular flexibility index (Phi) is 4.27. The fourth-order valence-electron chi connectivity index (χ4n) is 3.89. The first kappa shape index (κ1) is 13.9. The summed E-state index contributed by atoms with van der Waals surface area (Å²) in [6, 6.07) is 9.91. The number of likely N-dealkylation sites (tertiary alicyclic amines) is 1. The third kappa shape index (κ3) is 2.70. The van der Waals surface area contributed by atoms with Crippen LogP contribution in [0.15, 0.2) is 24.3 Å². The molecule has 2 saturated heterocycles. The number of nitrogens with zero attached hydrogens (tertiary/aromatic N) is 1. The van der Waals surface area contributed by atoms with Gasteiger partial charge in [-0.25, -0.2) is 0 Å². The molecule has 0 bridgehead atoms.